The van der Waals surface area contributed by atoms with Gasteiger partial charge in [-0.3, -0.25) is 10.2 Å². The molecule has 2 aliphatic rings. The zero-order chi connectivity index (χ0) is 24.6. The van der Waals surface area contributed by atoms with Gasteiger partial charge in [-0.1, -0.05) is 18.2 Å². The molecule has 9 nitrogen and oxygen atoms in total. The summed E-state index contributed by atoms with van der Waals surface area (Å²) in [5.74, 6) is -2.04. The third-order valence-corrected chi connectivity index (χ3v) is 6.64. The maximum atomic E-state index is 13.0. The molecule has 0 bridgehead atoms. The summed E-state index contributed by atoms with van der Waals surface area (Å²) in [6.07, 6.45) is 1.38. The molecule has 34 heavy (non-hydrogen) atoms. The number of phenols is 1. The molecule has 1 amide bonds. The minimum absolute atomic E-state index is 0.0169. The number of anilines is 2. The number of nitrogens with zero attached hydrogens (tertiary/aromatic N) is 3. The number of aliphatic carboxylic acids is 1. The quantitative estimate of drug-likeness (QED) is 0.394. The number of hydrazone groups is 2. The number of carboxylic acid groups (broad SMARTS) is 1. The van der Waals surface area contributed by atoms with E-state index in [0.717, 1.165) is 11.1 Å². The average molecular weight is 465 g/mol. The van der Waals surface area contributed by atoms with Crippen LogP contribution >= 0.6 is 0 Å². The summed E-state index contributed by atoms with van der Waals surface area (Å²) in [4.78, 5) is 24.5. The molecule has 2 aromatic rings. The van der Waals surface area contributed by atoms with Crippen LogP contribution in [0.25, 0.3) is 0 Å². The highest BCUT2D eigenvalue weighted by molar-refractivity contribution is 6.71. The molecule has 2 unspecified atom stereocenters. The van der Waals surface area contributed by atoms with Crippen LogP contribution in [0.1, 0.15) is 55.2 Å². The number of phenolic OH excluding ortho intramolecular Hbond substituents is 1. The third kappa shape index (κ3) is 4.26. The first-order valence-corrected chi connectivity index (χ1v) is 11.2. The maximum Gasteiger partial charge on any atom is 0.335 e. The van der Waals surface area contributed by atoms with Crippen molar-refractivity contribution in [3.8, 4) is 5.75 Å². The van der Waals surface area contributed by atoms with E-state index in [4.69, 9.17) is 0 Å². The van der Waals surface area contributed by atoms with E-state index in [0.29, 0.717) is 29.8 Å². The number of para-hydroxylation sites is 1. The summed E-state index contributed by atoms with van der Waals surface area (Å²) in [7, 11) is 0. The van der Waals surface area contributed by atoms with Gasteiger partial charge >= 0.3 is 11.9 Å². The first kappa shape index (κ1) is 23.4. The van der Waals surface area contributed by atoms with Crippen molar-refractivity contribution in [2.45, 2.75) is 58.0 Å². The first-order valence-electron chi connectivity index (χ1n) is 11.2. The number of hydrogen-bond donors (Lipinski definition) is 4. The summed E-state index contributed by atoms with van der Waals surface area (Å²) < 4.78 is 0. The molecular weight excluding hydrogens is 436 g/mol. The Morgan fingerprint density at radius 1 is 1.21 bits per heavy atom. The van der Waals surface area contributed by atoms with Crippen molar-refractivity contribution in [1.29, 1.82) is 0 Å². The summed E-state index contributed by atoms with van der Waals surface area (Å²) in [5.41, 5.74) is 5.13. The van der Waals surface area contributed by atoms with Gasteiger partial charge in [-0.05, 0) is 87.3 Å². The number of rotatable bonds is 5. The van der Waals surface area contributed by atoms with E-state index in [2.05, 4.69) is 15.6 Å². The van der Waals surface area contributed by atoms with Gasteiger partial charge in [0.1, 0.15) is 5.75 Å². The van der Waals surface area contributed by atoms with E-state index >= 15 is 0 Å². The van der Waals surface area contributed by atoms with Gasteiger partial charge in [0.25, 0.3) is 0 Å². The van der Waals surface area contributed by atoms with Crippen LogP contribution in [0.5, 0.6) is 5.75 Å². The van der Waals surface area contributed by atoms with Gasteiger partial charge in [0.15, 0.2) is 11.3 Å². The van der Waals surface area contributed by atoms with E-state index in [1.807, 2.05) is 32.0 Å². The number of nitrogens with one attached hydrogen (secondary N) is 1. The Morgan fingerprint density at radius 2 is 1.97 bits per heavy atom. The Balaban J connectivity index is 1.55. The van der Waals surface area contributed by atoms with Crippen LogP contribution in [0.15, 0.2) is 46.6 Å². The summed E-state index contributed by atoms with van der Waals surface area (Å²) in [6, 6.07) is 10.7. The van der Waals surface area contributed by atoms with E-state index < -0.39 is 11.6 Å². The highest BCUT2D eigenvalue weighted by Gasteiger charge is 2.42. The van der Waals surface area contributed by atoms with Crippen molar-refractivity contribution in [1.82, 2.24) is 0 Å². The number of benzene rings is 2. The van der Waals surface area contributed by atoms with Gasteiger partial charge in [-0.2, -0.15) is 15.2 Å². The molecule has 4 N–H and O–H groups in total. The third-order valence-electron chi connectivity index (χ3n) is 6.64. The number of carbonyl (C=O) groups excluding carboxylic acids is 1. The molecule has 0 radical (unpaired) electrons. The molecule has 1 aliphatic carbocycles. The van der Waals surface area contributed by atoms with E-state index in [1.165, 1.54) is 5.01 Å². The monoisotopic (exact) mass is 464 g/mol. The molecule has 2 aromatic carbocycles. The van der Waals surface area contributed by atoms with Crippen molar-refractivity contribution in [3.05, 3.63) is 53.1 Å². The summed E-state index contributed by atoms with van der Waals surface area (Å²) in [5, 5.41) is 40.5. The zero-order valence-corrected chi connectivity index (χ0v) is 19.4. The molecular formula is C25H28N4O5. The molecule has 4 rings (SSSR count). The number of aromatic hydroxyl groups is 1. The summed E-state index contributed by atoms with van der Waals surface area (Å²) >= 11 is 0. The molecule has 2 atom stereocenters. The second-order valence-electron chi connectivity index (χ2n) is 9.02. The van der Waals surface area contributed by atoms with E-state index in [1.54, 1.807) is 25.1 Å². The summed E-state index contributed by atoms with van der Waals surface area (Å²) in [6.45, 7) is 5.64. The van der Waals surface area contributed by atoms with Crippen molar-refractivity contribution in [3.63, 3.8) is 0 Å². The SMILES string of the molecule is CC1=NN(c2ccc(C)c(C)c2)C(=O)C1=NNc1cccc(C2CCCC(O)(C(=O)O)C2)c1O. The fraction of sp³-hybridized carbons (Fsp3) is 0.360. The maximum absolute atomic E-state index is 13.0. The normalized spacial score (nSPS) is 23.8. The van der Waals surface area contributed by atoms with Crippen LogP contribution in [0.2, 0.25) is 0 Å². The lowest BCUT2D eigenvalue weighted by atomic mass is 9.75. The van der Waals surface area contributed by atoms with E-state index in [-0.39, 0.29) is 41.8 Å². The molecule has 1 saturated carbocycles. The molecule has 178 valence electrons. The van der Waals surface area contributed by atoms with Crippen molar-refractivity contribution < 1.29 is 24.9 Å². The lowest BCUT2D eigenvalue weighted by Crippen LogP contribution is -2.42. The van der Waals surface area contributed by atoms with Crippen LogP contribution in [-0.2, 0) is 9.59 Å². The average Bonchev–Trinajstić information content (AvgIpc) is 3.08. The lowest BCUT2D eigenvalue weighted by molar-refractivity contribution is -0.162. The van der Waals surface area contributed by atoms with Gasteiger partial charge in [-0.15, -0.1) is 0 Å². The number of aryl methyl sites for hydroxylation is 2. The minimum atomic E-state index is -1.80. The number of hydrogen-bond acceptors (Lipinski definition) is 7. The van der Waals surface area contributed by atoms with Gasteiger partial charge in [-0.25, -0.2) is 4.79 Å². The Hall–Kier alpha value is -3.72. The Bertz CT molecular complexity index is 1220. The van der Waals surface area contributed by atoms with Crippen molar-refractivity contribution >= 4 is 34.7 Å². The topological polar surface area (TPSA) is 135 Å². The predicted octanol–water partition coefficient (Wildman–Crippen LogP) is 3.67. The van der Waals surface area contributed by atoms with Gasteiger partial charge in [0.05, 0.1) is 17.1 Å². The number of aliphatic hydroxyl groups is 1. The highest BCUT2D eigenvalue weighted by Crippen LogP contribution is 2.43. The fourth-order valence-corrected chi connectivity index (χ4v) is 4.47. The first-order chi connectivity index (χ1) is 16.1. The smallest absolute Gasteiger partial charge is 0.335 e. The predicted molar refractivity (Wildman–Crippen MR) is 129 cm³/mol. The number of carboxylic acids is 1. The van der Waals surface area contributed by atoms with Crippen LogP contribution < -0.4 is 10.4 Å². The molecule has 9 heteroatoms. The Labute approximate surface area is 197 Å². The van der Waals surface area contributed by atoms with Crippen LogP contribution in [0.3, 0.4) is 0 Å². The highest BCUT2D eigenvalue weighted by atomic mass is 16.4. The molecule has 1 aliphatic heterocycles. The van der Waals surface area contributed by atoms with Gasteiger partial charge < -0.3 is 15.3 Å². The van der Waals surface area contributed by atoms with Gasteiger partial charge in [0.2, 0.25) is 0 Å². The fourth-order valence-electron chi connectivity index (χ4n) is 4.47. The largest absolute Gasteiger partial charge is 0.505 e. The van der Waals surface area contributed by atoms with Crippen LogP contribution in [0, 0.1) is 13.8 Å². The second kappa shape index (κ2) is 8.90. The van der Waals surface area contributed by atoms with Crippen molar-refractivity contribution in [2.24, 2.45) is 10.2 Å². The molecule has 1 fully saturated rings. The molecule has 1 heterocycles. The van der Waals surface area contributed by atoms with Crippen LogP contribution in [-0.4, -0.2) is 44.2 Å². The zero-order valence-electron chi connectivity index (χ0n) is 19.4. The standard InChI is InChI=1S/C25H28N4O5/c1-14-9-10-18(12-15(14)2)29-23(31)21(16(3)28-29)27-26-20-8-4-7-19(22(20)30)17-6-5-11-25(34,13-17)24(32)33/h4,7-10,12,17,26,30,34H,5-6,11,13H2,1-3H3,(H,32,33). The van der Waals surface area contributed by atoms with Gasteiger partial charge in [0, 0.05) is 0 Å². The molecule has 0 spiro atoms. The number of amides is 1. The Morgan fingerprint density at radius 3 is 2.68 bits per heavy atom. The van der Waals surface area contributed by atoms with Crippen LogP contribution in [0.4, 0.5) is 11.4 Å². The molecule has 0 aromatic heterocycles. The lowest BCUT2D eigenvalue weighted by Gasteiger charge is -2.34. The second-order valence-corrected chi connectivity index (χ2v) is 9.02. The Kier molecular flexibility index (Phi) is 6.14. The molecule has 0 saturated heterocycles. The van der Waals surface area contributed by atoms with E-state index in [9.17, 15) is 24.9 Å². The van der Waals surface area contributed by atoms with Crippen molar-refractivity contribution in [2.75, 3.05) is 10.4 Å². The minimum Gasteiger partial charge on any atom is -0.505 e. The number of carbonyl (C=O) groups is 2.